The molecule has 0 aliphatic rings. The first-order chi connectivity index (χ1) is 5.60. The molecule has 3 heteroatoms. The van der Waals surface area contributed by atoms with E-state index in [9.17, 15) is 4.79 Å². The summed E-state index contributed by atoms with van der Waals surface area (Å²) >= 11 is 5.63. The Hall–Kier alpha value is -0.240. The molecule has 0 radical (unpaired) electrons. The highest BCUT2D eigenvalue weighted by molar-refractivity contribution is 6.18. The Morgan fingerprint density at radius 2 is 2.08 bits per heavy atom. The minimum absolute atomic E-state index is 0.109. The van der Waals surface area contributed by atoms with Crippen LogP contribution in [0.4, 0.5) is 0 Å². The van der Waals surface area contributed by atoms with E-state index in [-0.39, 0.29) is 11.9 Å². The fourth-order valence-corrected chi connectivity index (χ4v) is 1.20. The molecule has 1 atom stereocenters. The van der Waals surface area contributed by atoms with E-state index in [0.29, 0.717) is 18.2 Å². The molecule has 0 bridgehead atoms. The molecule has 0 rings (SSSR count). The van der Waals surface area contributed by atoms with Crippen LogP contribution in [0.2, 0.25) is 0 Å². The molecule has 0 aromatic carbocycles. The van der Waals surface area contributed by atoms with E-state index in [1.54, 1.807) is 0 Å². The normalized spacial score (nSPS) is 13.1. The molecule has 2 nitrogen and oxygen atoms in total. The number of alkyl halides is 1. The maximum atomic E-state index is 11.2. The van der Waals surface area contributed by atoms with Crippen molar-refractivity contribution in [2.45, 2.75) is 39.7 Å². The van der Waals surface area contributed by atoms with E-state index in [1.807, 2.05) is 20.8 Å². The predicted octanol–water partition coefficient (Wildman–Crippen LogP) is 2.17. The van der Waals surface area contributed by atoms with E-state index in [4.69, 9.17) is 11.6 Å². The van der Waals surface area contributed by atoms with Crippen LogP contribution in [0.1, 0.15) is 33.6 Å². The first kappa shape index (κ1) is 11.8. The number of halogens is 1. The van der Waals surface area contributed by atoms with E-state index >= 15 is 0 Å². The quantitative estimate of drug-likeness (QED) is 0.664. The second-order valence-corrected chi connectivity index (χ2v) is 3.73. The molecule has 72 valence electrons. The van der Waals surface area contributed by atoms with Gasteiger partial charge in [-0.2, -0.15) is 0 Å². The topological polar surface area (TPSA) is 29.1 Å². The number of hydrogen-bond donors (Lipinski definition) is 1. The van der Waals surface area contributed by atoms with E-state index < -0.39 is 0 Å². The van der Waals surface area contributed by atoms with Crippen molar-refractivity contribution < 1.29 is 4.79 Å². The molecule has 0 spiro atoms. The van der Waals surface area contributed by atoms with E-state index in [2.05, 4.69) is 5.32 Å². The number of carbonyl (C=O) groups is 1. The fraction of sp³-hybridized carbons (Fsp3) is 0.889. The first-order valence-electron chi connectivity index (χ1n) is 4.45. The SMILES string of the molecule is CCC(CCl)NC(=O)CC(C)C. The summed E-state index contributed by atoms with van der Waals surface area (Å²) in [5.41, 5.74) is 0. The van der Waals surface area contributed by atoms with Gasteiger partial charge in [-0.1, -0.05) is 20.8 Å². The van der Waals surface area contributed by atoms with Gasteiger partial charge < -0.3 is 5.32 Å². The van der Waals surface area contributed by atoms with Crippen molar-refractivity contribution >= 4 is 17.5 Å². The zero-order chi connectivity index (χ0) is 9.56. The Bertz CT molecular complexity index is 132. The maximum absolute atomic E-state index is 11.2. The zero-order valence-electron chi connectivity index (χ0n) is 8.06. The highest BCUT2D eigenvalue weighted by Crippen LogP contribution is 2.00. The third kappa shape index (κ3) is 5.42. The van der Waals surface area contributed by atoms with Crippen molar-refractivity contribution in [3.63, 3.8) is 0 Å². The summed E-state index contributed by atoms with van der Waals surface area (Å²) in [5.74, 6) is 1.02. The Balaban J connectivity index is 3.66. The van der Waals surface area contributed by atoms with Gasteiger partial charge >= 0.3 is 0 Å². The molecule has 0 heterocycles. The summed E-state index contributed by atoms with van der Waals surface area (Å²) in [6.07, 6.45) is 1.49. The fourth-order valence-electron chi connectivity index (χ4n) is 0.907. The number of hydrogen-bond acceptors (Lipinski definition) is 1. The molecule has 0 aliphatic heterocycles. The summed E-state index contributed by atoms with van der Waals surface area (Å²) in [6.45, 7) is 6.07. The summed E-state index contributed by atoms with van der Waals surface area (Å²) in [7, 11) is 0. The largest absolute Gasteiger partial charge is 0.352 e. The van der Waals surface area contributed by atoms with Gasteiger partial charge in [-0.15, -0.1) is 11.6 Å². The molecule has 0 saturated heterocycles. The highest BCUT2D eigenvalue weighted by atomic mass is 35.5. The Kier molecular flexibility index (Phi) is 6.17. The Morgan fingerprint density at radius 1 is 1.50 bits per heavy atom. The average molecular weight is 192 g/mol. The lowest BCUT2D eigenvalue weighted by Gasteiger charge is -2.14. The van der Waals surface area contributed by atoms with E-state index in [1.165, 1.54) is 0 Å². The van der Waals surface area contributed by atoms with Crippen LogP contribution in [0, 0.1) is 5.92 Å². The summed E-state index contributed by atoms with van der Waals surface area (Å²) in [4.78, 5) is 11.2. The van der Waals surface area contributed by atoms with Gasteiger partial charge in [0.25, 0.3) is 0 Å². The summed E-state index contributed by atoms with van der Waals surface area (Å²) in [6, 6.07) is 0.137. The molecule has 1 unspecified atom stereocenters. The second-order valence-electron chi connectivity index (χ2n) is 3.42. The lowest BCUT2D eigenvalue weighted by atomic mass is 10.1. The molecular formula is C9H18ClNO. The maximum Gasteiger partial charge on any atom is 0.220 e. The van der Waals surface area contributed by atoms with Crippen LogP contribution in [0.3, 0.4) is 0 Å². The van der Waals surface area contributed by atoms with Gasteiger partial charge in [-0.3, -0.25) is 4.79 Å². The predicted molar refractivity (Wildman–Crippen MR) is 52.4 cm³/mol. The van der Waals surface area contributed by atoms with Crippen molar-refractivity contribution in [2.75, 3.05) is 5.88 Å². The Labute approximate surface area is 79.7 Å². The van der Waals surface area contributed by atoms with Crippen molar-refractivity contribution in [2.24, 2.45) is 5.92 Å². The number of rotatable bonds is 5. The van der Waals surface area contributed by atoms with Crippen molar-refractivity contribution in [3.05, 3.63) is 0 Å². The van der Waals surface area contributed by atoms with Gasteiger partial charge in [0.2, 0.25) is 5.91 Å². The minimum atomic E-state index is 0.109. The third-order valence-corrected chi connectivity index (χ3v) is 2.01. The summed E-state index contributed by atoms with van der Waals surface area (Å²) in [5, 5.41) is 2.88. The van der Waals surface area contributed by atoms with Crippen LogP contribution in [0.15, 0.2) is 0 Å². The van der Waals surface area contributed by atoms with Gasteiger partial charge in [-0.25, -0.2) is 0 Å². The molecule has 12 heavy (non-hydrogen) atoms. The average Bonchev–Trinajstić information content (AvgIpc) is 1.98. The third-order valence-electron chi connectivity index (χ3n) is 1.64. The second kappa shape index (κ2) is 6.30. The van der Waals surface area contributed by atoms with Crippen molar-refractivity contribution in [1.82, 2.24) is 5.32 Å². The lowest BCUT2D eigenvalue weighted by molar-refractivity contribution is -0.122. The van der Waals surface area contributed by atoms with Crippen LogP contribution in [0.5, 0.6) is 0 Å². The molecule has 0 aliphatic carbocycles. The van der Waals surface area contributed by atoms with E-state index in [0.717, 1.165) is 6.42 Å². The molecular weight excluding hydrogens is 174 g/mol. The molecule has 0 aromatic rings. The zero-order valence-corrected chi connectivity index (χ0v) is 8.82. The van der Waals surface area contributed by atoms with Gasteiger partial charge in [0, 0.05) is 18.3 Å². The van der Waals surface area contributed by atoms with Gasteiger partial charge in [0.15, 0.2) is 0 Å². The van der Waals surface area contributed by atoms with Crippen LogP contribution in [-0.4, -0.2) is 17.8 Å². The number of nitrogens with one attached hydrogen (secondary N) is 1. The molecule has 0 fully saturated rings. The highest BCUT2D eigenvalue weighted by Gasteiger charge is 2.09. The van der Waals surface area contributed by atoms with Crippen LogP contribution in [0.25, 0.3) is 0 Å². The van der Waals surface area contributed by atoms with Gasteiger partial charge in [0.05, 0.1) is 0 Å². The lowest BCUT2D eigenvalue weighted by Crippen LogP contribution is -2.36. The van der Waals surface area contributed by atoms with Crippen LogP contribution in [-0.2, 0) is 4.79 Å². The van der Waals surface area contributed by atoms with Crippen LogP contribution >= 0.6 is 11.6 Å². The summed E-state index contributed by atoms with van der Waals surface area (Å²) < 4.78 is 0. The number of amides is 1. The molecule has 1 N–H and O–H groups in total. The first-order valence-corrected chi connectivity index (χ1v) is 4.98. The van der Waals surface area contributed by atoms with Crippen molar-refractivity contribution in [3.8, 4) is 0 Å². The monoisotopic (exact) mass is 191 g/mol. The Morgan fingerprint density at radius 3 is 2.42 bits per heavy atom. The molecule has 0 aromatic heterocycles. The smallest absolute Gasteiger partial charge is 0.220 e. The molecule has 0 saturated carbocycles. The standard InChI is InChI=1S/C9H18ClNO/c1-4-8(6-10)11-9(12)5-7(2)3/h7-8H,4-6H2,1-3H3,(H,11,12). The van der Waals surface area contributed by atoms with Gasteiger partial charge in [-0.05, 0) is 12.3 Å². The van der Waals surface area contributed by atoms with Crippen molar-refractivity contribution in [1.29, 1.82) is 0 Å². The minimum Gasteiger partial charge on any atom is -0.352 e. The molecule has 1 amide bonds. The van der Waals surface area contributed by atoms with Gasteiger partial charge in [0.1, 0.15) is 0 Å². The number of carbonyl (C=O) groups excluding carboxylic acids is 1. The van der Waals surface area contributed by atoms with Crippen LogP contribution < -0.4 is 5.32 Å².